The number of carbonyl (C=O) groups is 1. The first-order chi connectivity index (χ1) is 14.8. The molecule has 3 nitrogen and oxygen atoms in total. The molecule has 8 heteroatoms. The Balaban J connectivity index is 1.55. The third kappa shape index (κ3) is 3.76. The van der Waals surface area contributed by atoms with Crippen molar-refractivity contribution < 1.29 is 36.2 Å². The number of aryl methyl sites for hydroxylation is 1. The molecule has 3 aromatic rings. The predicted octanol–water partition coefficient (Wildman–Crippen LogP) is 5.89. The van der Waals surface area contributed by atoms with Gasteiger partial charge in [0, 0.05) is 6.07 Å². The highest BCUT2D eigenvalue weighted by molar-refractivity contribution is 6.14. The van der Waals surface area contributed by atoms with Gasteiger partial charge in [0.2, 0.25) is 11.6 Å². The van der Waals surface area contributed by atoms with E-state index in [9.17, 15) is 26.7 Å². The molecule has 0 aliphatic carbocycles. The standard InChI is InChI=1S/C23H13F5O3/c1-11-2-4-12(5-3-11)8-17-23(29)14-7-6-13(9-16(14)31-17)30-10-15-18(24)20(26)22(28)21(27)19(15)25/h2-9H,10H2,1H3/b17-8-. The molecule has 158 valence electrons. The largest absolute Gasteiger partial charge is 0.489 e. The van der Waals surface area contributed by atoms with E-state index >= 15 is 0 Å². The van der Waals surface area contributed by atoms with Crippen molar-refractivity contribution >= 4 is 11.9 Å². The number of allylic oxidation sites excluding steroid dienone is 1. The second-order valence-electron chi connectivity index (χ2n) is 6.85. The summed E-state index contributed by atoms with van der Waals surface area (Å²) in [4.78, 5) is 12.5. The van der Waals surface area contributed by atoms with Gasteiger partial charge in [-0.1, -0.05) is 29.8 Å². The number of hydrogen-bond acceptors (Lipinski definition) is 3. The van der Waals surface area contributed by atoms with Gasteiger partial charge >= 0.3 is 0 Å². The summed E-state index contributed by atoms with van der Waals surface area (Å²) in [6.45, 7) is 1.02. The fraction of sp³-hybridized carbons (Fsp3) is 0.0870. The summed E-state index contributed by atoms with van der Waals surface area (Å²) in [6, 6.07) is 11.4. The van der Waals surface area contributed by atoms with Crippen LogP contribution in [-0.4, -0.2) is 5.78 Å². The van der Waals surface area contributed by atoms with Crippen molar-refractivity contribution in [3.63, 3.8) is 0 Å². The van der Waals surface area contributed by atoms with Crippen LogP contribution in [-0.2, 0) is 6.61 Å². The first kappa shape index (κ1) is 20.6. The number of benzene rings is 3. The molecule has 3 aromatic carbocycles. The monoisotopic (exact) mass is 432 g/mol. The Bertz CT molecular complexity index is 1200. The maximum Gasteiger partial charge on any atom is 0.231 e. The summed E-state index contributed by atoms with van der Waals surface area (Å²) in [5.74, 6) is -10.4. The highest BCUT2D eigenvalue weighted by Crippen LogP contribution is 2.35. The van der Waals surface area contributed by atoms with Crippen LogP contribution in [0.5, 0.6) is 11.5 Å². The Morgan fingerprint density at radius 3 is 2.13 bits per heavy atom. The first-order valence-electron chi connectivity index (χ1n) is 9.04. The molecule has 0 spiro atoms. The van der Waals surface area contributed by atoms with Crippen molar-refractivity contribution in [3.8, 4) is 11.5 Å². The van der Waals surface area contributed by atoms with Crippen LogP contribution in [0.15, 0.2) is 48.2 Å². The van der Waals surface area contributed by atoms with Crippen molar-refractivity contribution in [2.75, 3.05) is 0 Å². The molecule has 0 fully saturated rings. The minimum atomic E-state index is -2.24. The molecule has 0 saturated heterocycles. The molecule has 1 heterocycles. The lowest BCUT2D eigenvalue weighted by atomic mass is 10.1. The molecule has 31 heavy (non-hydrogen) atoms. The first-order valence-corrected chi connectivity index (χ1v) is 9.04. The molecule has 0 atom stereocenters. The molecule has 4 rings (SSSR count). The average Bonchev–Trinajstić information content (AvgIpc) is 3.07. The summed E-state index contributed by atoms with van der Waals surface area (Å²) >= 11 is 0. The van der Waals surface area contributed by atoms with Gasteiger partial charge in [0.15, 0.2) is 29.0 Å². The SMILES string of the molecule is Cc1ccc(/C=C2\Oc3cc(OCc4c(F)c(F)c(F)c(F)c4F)ccc3C2=O)cc1. The average molecular weight is 432 g/mol. The highest BCUT2D eigenvalue weighted by Gasteiger charge is 2.29. The van der Waals surface area contributed by atoms with E-state index in [1.807, 2.05) is 31.2 Å². The number of ether oxygens (including phenoxy) is 2. The Morgan fingerprint density at radius 1 is 0.871 bits per heavy atom. The second-order valence-corrected chi connectivity index (χ2v) is 6.85. The van der Waals surface area contributed by atoms with Gasteiger partial charge in [0.05, 0.1) is 11.1 Å². The quantitative estimate of drug-likeness (QED) is 0.223. The van der Waals surface area contributed by atoms with Gasteiger partial charge in [0.25, 0.3) is 0 Å². The summed E-state index contributed by atoms with van der Waals surface area (Å²) in [6.07, 6.45) is 1.57. The molecule has 1 aliphatic heterocycles. The topological polar surface area (TPSA) is 35.5 Å². The third-order valence-electron chi connectivity index (χ3n) is 4.70. The minimum Gasteiger partial charge on any atom is -0.489 e. The second kappa shape index (κ2) is 7.86. The van der Waals surface area contributed by atoms with Gasteiger partial charge in [-0.15, -0.1) is 0 Å². The van der Waals surface area contributed by atoms with E-state index in [1.165, 1.54) is 18.2 Å². The lowest BCUT2D eigenvalue weighted by Crippen LogP contribution is -2.09. The molecule has 1 aliphatic rings. The lowest BCUT2D eigenvalue weighted by molar-refractivity contribution is 0.101. The molecular formula is C23H13F5O3. The van der Waals surface area contributed by atoms with Crippen LogP contribution in [0, 0.1) is 36.0 Å². The van der Waals surface area contributed by atoms with Crippen molar-refractivity contribution in [2.24, 2.45) is 0 Å². The smallest absolute Gasteiger partial charge is 0.231 e. The molecule has 0 amide bonds. The van der Waals surface area contributed by atoms with Crippen molar-refractivity contribution in [1.29, 1.82) is 0 Å². The number of Topliss-reactive ketones (excluding diaryl/α,β-unsaturated/α-hetero) is 1. The normalized spacial score (nSPS) is 14.0. The summed E-state index contributed by atoms with van der Waals surface area (Å²) in [7, 11) is 0. The summed E-state index contributed by atoms with van der Waals surface area (Å²) in [5, 5.41) is 0. The van der Waals surface area contributed by atoms with E-state index in [1.54, 1.807) is 6.08 Å². The van der Waals surface area contributed by atoms with Crippen LogP contribution in [0.3, 0.4) is 0 Å². The number of fused-ring (bicyclic) bond motifs is 1. The van der Waals surface area contributed by atoms with Crippen molar-refractivity contribution in [3.05, 3.63) is 99.6 Å². The van der Waals surface area contributed by atoms with Gasteiger partial charge in [-0.3, -0.25) is 4.79 Å². The van der Waals surface area contributed by atoms with Crippen LogP contribution < -0.4 is 9.47 Å². The van der Waals surface area contributed by atoms with Gasteiger partial charge in [-0.2, -0.15) is 0 Å². The molecule has 0 aromatic heterocycles. The number of rotatable bonds is 4. The summed E-state index contributed by atoms with van der Waals surface area (Å²) in [5.41, 5.74) is 0.958. The van der Waals surface area contributed by atoms with E-state index < -0.39 is 41.3 Å². The Morgan fingerprint density at radius 2 is 1.48 bits per heavy atom. The maximum atomic E-state index is 13.8. The molecule has 0 radical (unpaired) electrons. The van der Waals surface area contributed by atoms with Crippen molar-refractivity contribution in [1.82, 2.24) is 0 Å². The minimum absolute atomic E-state index is 0.0204. The molecule has 0 bridgehead atoms. The molecule has 0 unspecified atom stereocenters. The molecule has 0 saturated carbocycles. The number of halogens is 5. The molecule has 0 N–H and O–H groups in total. The third-order valence-corrected chi connectivity index (χ3v) is 4.70. The van der Waals surface area contributed by atoms with E-state index in [0.29, 0.717) is 0 Å². The lowest BCUT2D eigenvalue weighted by Gasteiger charge is -2.10. The van der Waals surface area contributed by atoms with Gasteiger partial charge in [-0.05, 0) is 30.7 Å². The van der Waals surface area contributed by atoms with Gasteiger partial charge in [0.1, 0.15) is 18.1 Å². The number of ketones is 1. The predicted molar refractivity (Wildman–Crippen MR) is 101 cm³/mol. The summed E-state index contributed by atoms with van der Waals surface area (Å²) < 4.78 is 78.1. The zero-order valence-electron chi connectivity index (χ0n) is 15.9. The fourth-order valence-corrected chi connectivity index (χ4v) is 3.00. The Kier molecular flexibility index (Phi) is 5.22. The zero-order chi connectivity index (χ0) is 22.3. The number of hydrogen-bond donors (Lipinski definition) is 0. The van der Waals surface area contributed by atoms with E-state index in [4.69, 9.17) is 9.47 Å². The van der Waals surface area contributed by atoms with Gasteiger partial charge in [-0.25, -0.2) is 22.0 Å². The van der Waals surface area contributed by atoms with Crippen LogP contribution in [0.25, 0.3) is 6.08 Å². The van der Waals surface area contributed by atoms with Gasteiger partial charge < -0.3 is 9.47 Å². The fourth-order valence-electron chi connectivity index (χ4n) is 3.00. The zero-order valence-corrected chi connectivity index (χ0v) is 15.9. The highest BCUT2D eigenvalue weighted by atomic mass is 19.2. The number of carbonyl (C=O) groups excluding carboxylic acids is 1. The molecular weight excluding hydrogens is 419 g/mol. The maximum absolute atomic E-state index is 13.8. The van der Waals surface area contributed by atoms with Crippen LogP contribution in [0.2, 0.25) is 0 Å². The van der Waals surface area contributed by atoms with Crippen LogP contribution in [0.1, 0.15) is 27.0 Å². The van der Waals surface area contributed by atoms with Crippen LogP contribution in [0.4, 0.5) is 22.0 Å². The Hall–Kier alpha value is -3.68. The van der Waals surface area contributed by atoms with E-state index in [2.05, 4.69) is 0 Å². The van der Waals surface area contributed by atoms with E-state index in [-0.39, 0.29) is 28.6 Å². The Labute approximate surface area is 173 Å². The van der Waals surface area contributed by atoms with Crippen molar-refractivity contribution in [2.45, 2.75) is 13.5 Å². The van der Waals surface area contributed by atoms with Crippen LogP contribution >= 0.6 is 0 Å². The van der Waals surface area contributed by atoms with E-state index in [0.717, 1.165) is 11.1 Å².